The molecule has 0 aliphatic heterocycles. The number of nitro groups is 1. The predicted octanol–water partition coefficient (Wildman–Crippen LogP) is 5.89. The van der Waals surface area contributed by atoms with Crippen molar-refractivity contribution in [3.05, 3.63) is 92.0 Å². The molecule has 240 valence electrons. The fraction of sp³-hybridized carbons (Fsp3) is 0.355. The molecular formula is C31H34Cl2N4O7S. The molecule has 1 aliphatic carbocycles. The average Bonchev–Trinajstić information content (AvgIpc) is 3.52. The Morgan fingerprint density at radius 1 is 1.07 bits per heavy atom. The zero-order chi connectivity index (χ0) is 32.9. The zero-order valence-electron chi connectivity index (χ0n) is 25.0. The fourth-order valence-electron chi connectivity index (χ4n) is 5.16. The van der Waals surface area contributed by atoms with Crippen molar-refractivity contribution in [3.8, 4) is 5.75 Å². The van der Waals surface area contributed by atoms with Crippen LogP contribution >= 0.6 is 23.2 Å². The Morgan fingerprint density at radius 3 is 2.33 bits per heavy atom. The highest BCUT2D eigenvalue weighted by atomic mass is 35.5. The number of sulfonamides is 1. The first-order valence-corrected chi connectivity index (χ1v) is 16.5. The summed E-state index contributed by atoms with van der Waals surface area (Å²) in [4.78, 5) is 39.4. The first-order valence-electron chi connectivity index (χ1n) is 14.3. The molecule has 2 amide bonds. The number of carbonyl (C=O) groups is 2. The summed E-state index contributed by atoms with van der Waals surface area (Å²) in [6, 6.07) is 13.3. The van der Waals surface area contributed by atoms with E-state index in [1.165, 1.54) is 61.4 Å². The Balaban J connectivity index is 1.75. The van der Waals surface area contributed by atoms with Gasteiger partial charge in [0, 0.05) is 34.3 Å². The summed E-state index contributed by atoms with van der Waals surface area (Å²) in [7, 11) is -3.08. The number of nitro benzene ring substituents is 1. The summed E-state index contributed by atoms with van der Waals surface area (Å²) < 4.78 is 34.3. The number of methoxy groups -OCH3 is 1. The van der Waals surface area contributed by atoms with Crippen molar-refractivity contribution in [1.82, 2.24) is 10.2 Å². The molecule has 1 atom stereocenters. The molecule has 1 fully saturated rings. The molecule has 1 N–H and O–H groups in total. The number of anilines is 1. The number of carbonyl (C=O) groups excluding carboxylic acids is 2. The van der Waals surface area contributed by atoms with Crippen LogP contribution in [-0.4, -0.2) is 55.8 Å². The number of nitrogens with zero attached hydrogens (tertiary/aromatic N) is 3. The summed E-state index contributed by atoms with van der Waals surface area (Å²) in [6.07, 6.45) is 3.66. The van der Waals surface area contributed by atoms with Gasteiger partial charge in [0.2, 0.25) is 11.8 Å². The maximum Gasteiger partial charge on any atom is 0.273 e. The van der Waals surface area contributed by atoms with E-state index < -0.39 is 33.4 Å². The maximum atomic E-state index is 14.2. The highest BCUT2D eigenvalue weighted by Gasteiger charge is 2.34. The van der Waals surface area contributed by atoms with Crippen molar-refractivity contribution >= 4 is 56.4 Å². The van der Waals surface area contributed by atoms with Gasteiger partial charge in [0.25, 0.3) is 15.7 Å². The summed E-state index contributed by atoms with van der Waals surface area (Å²) in [5.41, 5.74) is 0.510. The molecule has 0 saturated heterocycles. The van der Waals surface area contributed by atoms with Gasteiger partial charge in [-0.15, -0.1) is 0 Å². The van der Waals surface area contributed by atoms with Gasteiger partial charge in [0.15, 0.2) is 0 Å². The zero-order valence-corrected chi connectivity index (χ0v) is 27.4. The summed E-state index contributed by atoms with van der Waals surface area (Å²) in [5, 5.41) is 15.3. The molecule has 0 bridgehead atoms. The van der Waals surface area contributed by atoms with Crippen LogP contribution in [0.25, 0.3) is 0 Å². The fourth-order valence-corrected chi connectivity index (χ4v) is 7.06. The molecule has 0 heterocycles. The van der Waals surface area contributed by atoms with Crippen LogP contribution in [0.2, 0.25) is 10.0 Å². The lowest BCUT2D eigenvalue weighted by Gasteiger charge is -2.32. The van der Waals surface area contributed by atoms with Crippen molar-refractivity contribution in [1.29, 1.82) is 0 Å². The minimum absolute atomic E-state index is 0.00970. The Bertz CT molecular complexity index is 1680. The number of benzene rings is 3. The molecule has 11 nitrogen and oxygen atoms in total. The maximum absolute atomic E-state index is 14.2. The van der Waals surface area contributed by atoms with Crippen molar-refractivity contribution < 1.29 is 27.7 Å². The van der Waals surface area contributed by atoms with Crippen molar-refractivity contribution in [3.63, 3.8) is 0 Å². The number of aryl methyl sites for hydroxylation is 1. The van der Waals surface area contributed by atoms with Crippen LogP contribution < -0.4 is 14.4 Å². The van der Waals surface area contributed by atoms with E-state index in [0.29, 0.717) is 16.3 Å². The quantitative estimate of drug-likeness (QED) is 0.186. The normalized spacial score (nSPS) is 14.1. The number of amides is 2. The van der Waals surface area contributed by atoms with Gasteiger partial charge < -0.3 is 15.0 Å². The molecule has 0 radical (unpaired) electrons. The number of ether oxygens (including phenoxy) is 1. The summed E-state index contributed by atoms with van der Waals surface area (Å²) >= 11 is 12.5. The molecule has 3 aromatic carbocycles. The van der Waals surface area contributed by atoms with Gasteiger partial charge >= 0.3 is 0 Å². The molecule has 1 aliphatic rings. The van der Waals surface area contributed by atoms with Crippen LogP contribution in [0.1, 0.15) is 43.7 Å². The van der Waals surface area contributed by atoms with Crippen molar-refractivity contribution in [2.24, 2.45) is 0 Å². The Hall–Kier alpha value is -3.87. The second-order valence-electron chi connectivity index (χ2n) is 10.8. The third-order valence-electron chi connectivity index (χ3n) is 7.83. The molecular weight excluding hydrogens is 643 g/mol. The van der Waals surface area contributed by atoms with Crippen molar-refractivity contribution in [2.75, 3.05) is 18.0 Å². The standard InChI is InChI=1S/C31H34Cl2N4O7S/c1-20-8-15-27(17-29(20)37(40)41)45(42,43)36(25-11-13-26(44-3)14-12-25)19-30(38)35(18-22-9-10-23(32)16-28(22)33)21(2)31(39)34-24-6-4-5-7-24/h8-17,21,24H,4-7,18-19H2,1-3H3,(H,34,39)/t21-/m0/s1. The van der Waals surface area contributed by atoms with Crippen LogP contribution in [0.5, 0.6) is 5.75 Å². The first-order chi connectivity index (χ1) is 21.3. The number of nitrogens with one attached hydrogen (secondary N) is 1. The minimum Gasteiger partial charge on any atom is -0.497 e. The van der Waals surface area contributed by atoms with Gasteiger partial charge in [-0.3, -0.25) is 24.0 Å². The highest BCUT2D eigenvalue weighted by Crippen LogP contribution is 2.30. The van der Waals surface area contributed by atoms with Crippen LogP contribution in [0.15, 0.2) is 65.6 Å². The second kappa shape index (κ2) is 14.5. The monoisotopic (exact) mass is 676 g/mol. The van der Waals surface area contributed by atoms with E-state index >= 15 is 0 Å². The molecule has 45 heavy (non-hydrogen) atoms. The van der Waals surface area contributed by atoms with E-state index in [1.54, 1.807) is 19.1 Å². The topological polar surface area (TPSA) is 139 Å². The average molecular weight is 678 g/mol. The third kappa shape index (κ3) is 8.05. The highest BCUT2D eigenvalue weighted by molar-refractivity contribution is 7.92. The number of halogens is 2. The lowest BCUT2D eigenvalue weighted by atomic mass is 10.1. The molecule has 4 rings (SSSR count). The molecule has 3 aromatic rings. The van der Waals surface area contributed by atoms with Gasteiger partial charge in [0.1, 0.15) is 18.3 Å². The van der Waals surface area contributed by atoms with E-state index in [4.69, 9.17) is 27.9 Å². The largest absolute Gasteiger partial charge is 0.497 e. The Labute approximate surface area is 272 Å². The molecule has 14 heteroatoms. The molecule has 0 aromatic heterocycles. The number of rotatable bonds is 12. The summed E-state index contributed by atoms with van der Waals surface area (Å²) in [5.74, 6) is -0.631. The van der Waals surface area contributed by atoms with E-state index in [9.17, 15) is 28.1 Å². The lowest BCUT2D eigenvalue weighted by Crippen LogP contribution is -2.52. The van der Waals surface area contributed by atoms with Gasteiger partial charge in [-0.05, 0) is 74.7 Å². The van der Waals surface area contributed by atoms with Crippen LogP contribution in [-0.2, 0) is 26.2 Å². The Morgan fingerprint density at radius 2 is 1.73 bits per heavy atom. The van der Waals surface area contributed by atoms with E-state index in [-0.39, 0.29) is 45.4 Å². The minimum atomic E-state index is -4.53. The lowest BCUT2D eigenvalue weighted by molar-refractivity contribution is -0.385. The smallest absolute Gasteiger partial charge is 0.273 e. The summed E-state index contributed by atoms with van der Waals surface area (Å²) in [6.45, 7) is 2.24. The van der Waals surface area contributed by atoms with Crippen LogP contribution in [0.4, 0.5) is 11.4 Å². The molecule has 0 unspecified atom stereocenters. The SMILES string of the molecule is COc1ccc(N(CC(=O)N(Cc2ccc(Cl)cc2Cl)[C@@H](C)C(=O)NC2CCCC2)S(=O)(=O)c2ccc(C)c([N+](=O)[O-])c2)cc1. The number of hydrogen-bond donors (Lipinski definition) is 1. The second-order valence-corrected chi connectivity index (χ2v) is 13.5. The number of hydrogen-bond acceptors (Lipinski definition) is 7. The first kappa shape index (κ1) is 34.0. The Kier molecular flexibility index (Phi) is 10.9. The molecule has 0 spiro atoms. The third-order valence-corrected chi connectivity index (χ3v) is 10.2. The van der Waals surface area contributed by atoms with Gasteiger partial charge in [-0.25, -0.2) is 8.42 Å². The van der Waals surface area contributed by atoms with E-state index in [0.717, 1.165) is 36.1 Å². The van der Waals surface area contributed by atoms with Gasteiger partial charge in [-0.2, -0.15) is 0 Å². The predicted molar refractivity (Wildman–Crippen MR) is 172 cm³/mol. The van der Waals surface area contributed by atoms with E-state index in [1.807, 2.05) is 0 Å². The van der Waals surface area contributed by atoms with Gasteiger partial charge in [-0.1, -0.05) is 48.2 Å². The molecule has 1 saturated carbocycles. The van der Waals surface area contributed by atoms with Crippen molar-refractivity contribution in [2.45, 2.75) is 63.1 Å². The van der Waals surface area contributed by atoms with E-state index in [2.05, 4.69) is 5.32 Å². The van der Waals surface area contributed by atoms with Crippen LogP contribution in [0, 0.1) is 17.0 Å². The van der Waals surface area contributed by atoms with Gasteiger partial charge in [0.05, 0.1) is 22.6 Å². The van der Waals surface area contributed by atoms with Crippen LogP contribution in [0.3, 0.4) is 0 Å².